The molecule has 2 heterocycles. The molecule has 5 heteroatoms. The summed E-state index contributed by atoms with van der Waals surface area (Å²) < 4.78 is 0. The summed E-state index contributed by atoms with van der Waals surface area (Å²) >= 11 is 11.5. The van der Waals surface area contributed by atoms with Crippen LogP contribution in [0.25, 0.3) is 11.3 Å². The molecule has 2 rings (SSSR count). The fraction of sp³-hybridized carbons (Fsp3) is 0. The van der Waals surface area contributed by atoms with E-state index >= 15 is 0 Å². The Balaban J connectivity index is 2.57. The molecule has 13 heavy (non-hydrogen) atoms. The maximum absolute atomic E-state index is 5.89. The summed E-state index contributed by atoms with van der Waals surface area (Å²) in [6.07, 6.45) is 5.07. The molecule has 0 aromatic carbocycles. The third kappa shape index (κ3) is 1.66. The van der Waals surface area contributed by atoms with Gasteiger partial charge in [0, 0.05) is 18.0 Å². The van der Waals surface area contributed by atoms with Crippen molar-refractivity contribution >= 4 is 23.2 Å². The van der Waals surface area contributed by atoms with E-state index < -0.39 is 0 Å². The highest BCUT2D eigenvalue weighted by Crippen LogP contribution is 2.25. The zero-order chi connectivity index (χ0) is 9.26. The second-order valence-corrected chi connectivity index (χ2v) is 3.18. The second-order valence-electron chi connectivity index (χ2n) is 2.44. The molecule has 66 valence electrons. The van der Waals surface area contributed by atoms with Crippen molar-refractivity contribution < 1.29 is 0 Å². The molecular weight excluding hydrogens is 209 g/mol. The average molecular weight is 214 g/mol. The van der Waals surface area contributed by atoms with Gasteiger partial charge in [0.25, 0.3) is 0 Å². The highest BCUT2D eigenvalue weighted by Gasteiger charge is 2.06. The largest absolute Gasteiger partial charge is 0.367 e. The molecule has 0 bridgehead atoms. The van der Waals surface area contributed by atoms with Crippen LogP contribution in [0.1, 0.15) is 0 Å². The van der Waals surface area contributed by atoms with Gasteiger partial charge in [0.2, 0.25) is 5.28 Å². The van der Waals surface area contributed by atoms with Crippen molar-refractivity contribution in [2.75, 3.05) is 0 Å². The van der Waals surface area contributed by atoms with Gasteiger partial charge in [0.1, 0.15) is 0 Å². The van der Waals surface area contributed by atoms with Gasteiger partial charge in [0.15, 0.2) is 0 Å². The van der Waals surface area contributed by atoms with Crippen LogP contribution in [0, 0.1) is 0 Å². The van der Waals surface area contributed by atoms with Crippen LogP contribution in [-0.2, 0) is 0 Å². The Morgan fingerprint density at radius 1 is 1.31 bits per heavy atom. The van der Waals surface area contributed by atoms with Gasteiger partial charge in [0.05, 0.1) is 16.9 Å². The van der Waals surface area contributed by atoms with Crippen LogP contribution >= 0.6 is 23.2 Å². The molecule has 0 amide bonds. The van der Waals surface area contributed by atoms with Crippen molar-refractivity contribution in [2.45, 2.75) is 0 Å². The lowest BCUT2D eigenvalue weighted by molar-refractivity contribution is 1.17. The molecule has 2 aromatic rings. The monoisotopic (exact) mass is 213 g/mol. The quantitative estimate of drug-likeness (QED) is 0.741. The molecule has 0 aliphatic heterocycles. The molecule has 0 spiro atoms. The van der Waals surface area contributed by atoms with Crippen molar-refractivity contribution in [2.24, 2.45) is 0 Å². The van der Waals surface area contributed by atoms with Gasteiger partial charge in [-0.2, -0.15) is 0 Å². The first-order valence-corrected chi connectivity index (χ1v) is 4.34. The van der Waals surface area contributed by atoms with Crippen molar-refractivity contribution in [3.05, 3.63) is 35.0 Å². The van der Waals surface area contributed by atoms with E-state index in [4.69, 9.17) is 23.2 Å². The fourth-order valence-corrected chi connectivity index (χ4v) is 1.35. The smallest absolute Gasteiger partial charge is 0.222 e. The van der Waals surface area contributed by atoms with E-state index in [0.29, 0.717) is 10.7 Å². The van der Waals surface area contributed by atoms with Gasteiger partial charge >= 0.3 is 0 Å². The predicted molar refractivity (Wildman–Crippen MR) is 51.8 cm³/mol. The normalized spacial score (nSPS) is 10.3. The number of nitrogens with one attached hydrogen (secondary N) is 1. The third-order valence-electron chi connectivity index (χ3n) is 1.59. The summed E-state index contributed by atoms with van der Waals surface area (Å²) in [5.74, 6) is 0. The van der Waals surface area contributed by atoms with Gasteiger partial charge in [-0.1, -0.05) is 11.6 Å². The Bertz CT molecular complexity index is 411. The third-order valence-corrected chi connectivity index (χ3v) is 2.04. The second kappa shape index (κ2) is 3.36. The molecule has 0 unspecified atom stereocenters. The SMILES string of the molecule is Clc1ncc(Cl)c(-c2cc[nH]c2)n1. The Hall–Kier alpha value is -1.06. The molecule has 0 saturated heterocycles. The van der Waals surface area contributed by atoms with Crippen LogP contribution < -0.4 is 0 Å². The first-order chi connectivity index (χ1) is 6.27. The van der Waals surface area contributed by atoms with E-state index in [2.05, 4.69) is 15.0 Å². The molecule has 3 nitrogen and oxygen atoms in total. The van der Waals surface area contributed by atoms with Crippen LogP contribution in [0.2, 0.25) is 10.3 Å². The van der Waals surface area contributed by atoms with Gasteiger partial charge in [-0.3, -0.25) is 0 Å². The first-order valence-electron chi connectivity index (χ1n) is 3.58. The molecule has 1 N–H and O–H groups in total. The van der Waals surface area contributed by atoms with Gasteiger partial charge in [-0.25, -0.2) is 9.97 Å². The number of H-pyrrole nitrogens is 1. The van der Waals surface area contributed by atoms with E-state index in [1.54, 1.807) is 12.4 Å². The number of nitrogens with zero attached hydrogens (tertiary/aromatic N) is 2. The summed E-state index contributed by atoms with van der Waals surface area (Å²) in [5, 5.41) is 0.685. The summed E-state index contributed by atoms with van der Waals surface area (Å²) in [6, 6.07) is 1.87. The van der Waals surface area contributed by atoms with E-state index in [1.807, 2.05) is 6.07 Å². The van der Waals surface area contributed by atoms with Crippen LogP contribution in [0.4, 0.5) is 0 Å². The van der Waals surface area contributed by atoms with Crippen LogP contribution in [0.15, 0.2) is 24.7 Å². The summed E-state index contributed by atoms with van der Waals surface area (Å²) in [5.41, 5.74) is 1.54. The number of aromatic nitrogens is 3. The highest BCUT2D eigenvalue weighted by atomic mass is 35.5. The number of rotatable bonds is 1. The van der Waals surface area contributed by atoms with E-state index in [0.717, 1.165) is 5.56 Å². The van der Waals surface area contributed by atoms with E-state index in [-0.39, 0.29) is 5.28 Å². The van der Waals surface area contributed by atoms with Crippen molar-refractivity contribution in [3.8, 4) is 11.3 Å². The maximum atomic E-state index is 5.89. The van der Waals surface area contributed by atoms with Gasteiger partial charge in [-0.15, -0.1) is 0 Å². The number of hydrogen-bond acceptors (Lipinski definition) is 2. The maximum Gasteiger partial charge on any atom is 0.222 e. The van der Waals surface area contributed by atoms with E-state index in [1.165, 1.54) is 6.20 Å². The zero-order valence-corrected chi connectivity index (χ0v) is 7.97. The minimum atomic E-state index is 0.195. The topological polar surface area (TPSA) is 41.6 Å². The molecule has 0 atom stereocenters. The standard InChI is InChI=1S/C8H5Cl2N3/c9-6-4-12-8(10)13-7(6)5-1-2-11-3-5/h1-4,11H. The molecule has 0 aliphatic rings. The first kappa shape index (κ1) is 8.53. The van der Waals surface area contributed by atoms with Crippen molar-refractivity contribution in [1.29, 1.82) is 0 Å². The lowest BCUT2D eigenvalue weighted by Gasteiger charge is -1.99. The Labute approximate surface area is 84.7 Å². The molecular formula is C8H5Cl2N3. The van der Waals surface area contributed by atoms with Gasteiger partial charge in [-0.05, 0) is 17.7 Å². The molecule has 0 aliphatic carbocycles. The molecule has 2 aromatic heterocycles. The summed E-state index contributed by atoms with van der Waals surface area (Å²) in [6.45, 7) is 0. The van der Waals surface area contributed by atoms with Crippen LogP contribution in [0.5, 0.6) is 0 Å². The number of halogens is 2. The Morgan fingerprint density at radius 2 is 2.15 bits per heavy atom. The number of aromatic amines is 1. The van der Waals surface area contributed by atoms with Crippen molar-refractivity contribution in [3.63, 3.8) is 0 Å². The predicted octanol–water partition coefficient (Wildman–Crippen LogP) is 2.78. The summed E-state index contributed by atoms with van der Waals surface area (Å²) in [7, 11) is 0. The van der Waals surface area contributed by atoms with Crippen LogP contribution in [0.3, 0.4) is 0 Å². The zero-order valence-electron chi connectivity index (χ0n) is 6.46. The molecule has 0 radical (unpaired) electrons. The Morgan fingerprint density at radius 3 is 2.85 bits per heavy atom. The number of hydrogen-bond donors (Lipinski definition) is 1. The molecule has 0 saturated carbocycles. The molecule has 0 fully saturated rings. The van der Waals surface area contributed by atoms with Crippen LogP contribution in [-0.4, -0.2) is 15.0 Å². The summed E-state index contributed by atoms with van der Waals surface area (Å²) in [4.78, 5) is 10.7. The minimum absolute atomic E-state index is 0.195. The van der Waals surface area contributed by atoms with Crippen molar-refractivity contribution in [1.82, 2.24) is 15.0 Å². The fourth-order valence-electron chi connectivity index (χ4n) is 1.02. The lowest BCUT2D eigenvalue weighted by atomic mass is 10.2. The van der Waals surface area contributed by atoms with Gasteiger partial charge < -0.3 is 4.98 Å². The lowest BCUT2D eigenvalue weighted by Crippen LogP contribution is -1.86. The van der Waals surface area contributed by atoms with E-state index in [9.17, 15) is 0 Å². The minimum Gasteiger partial charge on any atom is -0.367 e. The highest BCUT2D eigenvalue weighted by molar-refractivity contribution is 6.33. The Kier molecular flexibility index (Phi) is 2.20. The average Bonchev–Trinajstić information content (AvgIpc) is 2.61.